The third-order valence-electron chi connectivity index (χ3n) is 4.31. The van der Waals surface area contributed by atoms with Crippen molar-refractivity contribution in [3.8, 4) is 0 Å². The van der Waals surface area contributed by atoms with Gasteiger partial charge < -0.3 is 20.1 Å². The van der Waals surface area contributed by atoms with E-state index in [0.717, 1.165) is 6.42 Å². The van der Waals surface area contributed by atoms with Crippen LogP contribution in [-0.2, 0) is 9.53 Å². The number of amides is 2. The molecule has 0 saturated carbocycles. The van der Waals surface area contributed by atoms with E-state index >= 15 is 0 Å². The summed E-state index contributed by atoms with van der Waals surface area (Å²) in [4.78, 5) is 24.8. The summed E-state index contributed by atoms with van der Waals surface area (Å²) in [6.07, 6.45) is 1.46. The molecule has 20 heavy (non-hydrogen) atoms. The van der Waals surface area contributed by atoms with Crippen LogP contribution in [0.1, 0.15) is 33.6 Å². The number of carboxylic acid groups (broad SMARTS) is 1. The van der Waals surface area contributed by atoms with E-state index in [1.165, 1.54) is 0 Å². The summed E-state index contributed by atoms with van der Waals surface area (Å²) in [5.74, 6) is -0.481. The molecule has 0 bridgehead atoms. The normalized spacial score (nSPS) is 25.3. The molecule has 0 aromatic heterocycles. The molecule has 116 valence electrons. The first-order valence-electron chi connectivity index (χ1n) is 7.13. The van der Waals surface area contributed by atoms with Crippen molar-refractivity contribution in [2.75, 3.05) is 26.7 Å². The van der Waals surface area contributed by atoms with Crippen LogP contribution in [0.15, 0.2) is 0 Å². The summed E-state index contributed by atoms with van der Waals surface area (Å²) in [7, 11) is 1.64. The van der Waals surface area contributed by atoms with Gasteiger partial charge in [0.25, 0.3) is 0 Å². The summed E-state index contributed by atoms with van der Waals surface area (Å²) in [6, 6.07) is -0.208. The molecule has 3 atom stereocenters. The highest BCUT2D eigenvalue weighted by atomic mass is 16.5. The zero-order chi connectivity index (χ0) is 15.3. The van der Waals surface area contributed by atoms with Crippen LogP contribution < -0.4 is 5.32 Å². The standard InChI is InChI=1S/C14H26N2O4/c1-5-10(2)11(20-4)8-15-13(19)16-7-6-14(3,9-16)12(17)18/h10-11H,5-9H2,1-4H3,(H,15,19)(H,17,18). The van der Waals surface area contributed by atoms with Crippen LogP contribution in [0.4, 0.5) is 4.79 Å². The van der Waals surface area contributed by atoms with Gasteiger partial charge in [-0.1, -0.05) is 20.3 Å². The van der Waals surface area contributed by atoms with E-state index in [2.05, 4.69) is 19.2 Å². The van der Waals surface area contributed by atoms with Gasteiger partial charge in [-0.05, 0) is 19.3 Å². The number of carbonyl (C=O) groups is 2. The lowest BCUT2D eigenvalue weighted by molar-refractivity contribution is -0.147. The number of likely N-dealkylation sites (tertiary alicyclic amines) is 1. The first-order chi connectivity index (χ1) is 9.34. The van der Waals surface area contributed by atoms with Crippen molar-refractivity contribution in [2.45, 2.75) is 39.7 Å². The smallest absolute Gasteiger partial charge is 0.317 e. The van der Waals surface area contributed by atoms with Crippen LogP contribution in [0.2, 0.25) is 0 Å². The second-order valence-electron chi connectivity index (χ2n) is 5.88. The molecule has 0 aromatic rings. The van der Waals surface area contributed by atoms with Crippen molar-refractivity contribution < 1.29 is 19.4 Å². The Bertz CT molecular complexity index is 361. The third-order valence-corrected chi connectivity index (χ3v) is 4.31. The molecule has 2 amide bonds. The average Bonchev–Trinajstić information content (AvgIpc) is 2.83. The summed E-state index contributed by atoms with van der Waals surface area (Å²) < 4.78 is 5.37. The van der Waals surface area contributed by atoms with E-state index in [4.69, 9.17) is 9.84 Å². The fraction of sp³-hybridized carbons (Fsp3) is 0.857. The highest BCUT2D eigenvalue weighted by molar-refractivity contribution is 5.79. The number of nitrogens with one attached hydrogen (secondary N) is 1. The molecule has 1 aliphatic rings. The number of carbonyl (C=O) groups excluding carboxylic acids is 1. The minimum absolute atomic E-state index is 0.0163. The summed E-state index contributed by atoms with van der Waals surface area (Å²) in [5, 5.41) is 12.0. The Kier molecular flexibility index (Phi) is 5.80. The van der Waals surface area contributed by atoms with E-state index in [-0.39, 0.29) is 18.7 Å². The number of carboxylic acids is 1. The van der Waals surface area contributed by atoms with Crippen molar-refractivity contribution in [1.29, 1.82) is 0 Å². The monoisotopic (exact) mass is 286 g/mol. The van der Waals surface area contributed by atoms with Gasteiger partial charge in [-0.25, -0.2) is 4.79 Å². The van der Waals surface area contributed by atoms with Crippen molar-refractivity contribution in [3.05, 3.63) is 0 Å². The zero-order valence-corrected chi connectivity index (χ0v) is 12.8. The molecule has 1 aliphatic heterocycles. The average molecular weight is 286 g/mol. The van der Waals surface area contributed by atoms with Gasteiger partial charge in [-0.2, -0.15) is 0 Å². The number of hydrogen-bond acceptors (Lipinski definition) is 3. The van der Waals surface area contributed by atoms with Crippen molar-refractivity contribution in [3.63, 3.8) is 0 Å². The number of ether oxygens (including phenoxy) is 1. The predicted molar refractivity (Wildman–Crippen MR) is 75.6 cm³/mol. The first-order valence-corrected chi connectivity index (χ1v) is 7.13. The van der Waals surface area contributed by atoms with Crippen molar-refractivity contribution in [2.24, 2.45) is 11.3 Å². The number of hydrogen-bond donors (Lipinski definition) is 2. The number of methoxy groups -OCH3 is 1. The van der Waals surface area contributed by atoms with Gasteiger partial charge >= 0.3 is 12.0 Å². The van der Waals surface area contributed by atoms with Crippen LogP contribution in [0.25, 0.3) is 0 Å². The number of rotatable bonds is 6. The summed E-state index contributed by atoms with van der Waals surface area (Å²) in [6.45, 7) is 7.03. The second kappa shape index (κ2) is 6.92. The van der Waals surface area contributed by atoms with Gasteiger partial charge in [-0.3, -0.25) is 4.79 Å². The molecule has 0 radical (unpaired) electrons. The van der Waals surface area contributed by atoms with Crippen LogP contribution in [0.3, 0.4) is 0 Å². The predicted octanol–water partition coefficient (Wildman–Crippen LogP) is 1.55. The van der Waals surface area contributed by atoms with Gasteiger partial charge in [-0.15, -0.1) is 0 Å². The summed E-state index contributed by atoms with van der Waals surface area (Å²) >= 11 is 0. The first kappa shape index (κ1) is 16.8. The van der Waals surface area contributed by atoms with Gasteiger partial charge in [0.1, 0.15) is 0 Å². The molecule has 0 spiro atoms. The van der Waals surface area contributed by atoms with Crippen molar-refractivity contribution in [1.82, 2.24) is 10.2 Å². The summed E-state index contributed by atoms with van der Waals surface area (Å²) in [5.41, 5.74) is -0.825. The Labute approximate surface area is 120 Å². The number of aliphatic carboxylic acids is 1. The fourth-order valence-corrected chi connectivity index (χ4v) is 2.39. The minimum Gasteiger partial charge on any atom is -0.481 e. The Morgan fingerprint density at radius 1 is 1.50 bits per heavy atom. The maximum atomic E-state index is 12.1. The molecule has 1 heterocycles. The maximum Gasteiger partial charge on any atom is 0.317 e. The molecule has 2 N–H and O–H groups in total. The van der Waals surface area contributed by atoms with Crippen LogP contribution >= 0.6 is 0 Å². The molecule has 1 fully saturated rings. The van der Waals surface area contributed by atoms with Gasteiger partial charge in [0, 0.05) is 26.7 Å². The molecule has 1 saturated heterocycles. The quantitative estimate of drug-likeness (QED) is 0.776. The Morgan fingerprint density at radius 2 is 2.15 bits per heavy atom. The Hall–Kier alpha value is -1.30. The molecular weight excluding hydrogens is 260 g/mol. The molecule has 6 nitrogen and oxygen atoms in total. The van der Waals surface area contributed by atoms with Gasteiger partial charge in [0.2, 0.25) is 0 Å². The van der Waals surface area contributed by atoms with E-state index < -0.39 is 11.4 Å². The fourth-order valence-electron chi connectivity index (χ4n) is 2.39. The van der Waals surface area contributed by atoms with Crippen LogP contribution in [-0.4, -0.2) is 54.9 Å². The van der Waals surface area contributed by atoms with E-state index in [0.29, 0.717) is 25.4 Å². The lowest BCUT2D eigenvalue weighted by Gasteiger charge is -2.24. The molecule has 0 aliphatic carbocycles. The lowest BCUT2D eigenvalue weighted by Crippen LogP contribution is -2.44. The van der Waals surface area contributed by atoms with Crippen LogP contribution in [0, 0.1) is 11.3 Å². The number of urea groups is 1. The Balaban J connectivity index is 2.47. The second-order valence-corrected chi connectivity index (χ2v) is 5.88. The highest BCUT2D eigenvalue weighted by Crippen LogP contribution is 2.29. The van der Waals surface area contributed by atoms with Crippen molar-refractivity contribution >= 4 is 12.0 Å². The van der Waals surface area contributed by atoms with E-state index in [9.17, 15) is 9.59 Å². The Morgan fingerprint density at radius 3 is 2.60 bits per heavy atom. The van der Waals surface area contributed by atoms with Gasteiger partial charge in [0.05, 0.1) is 11.5 Å². The molecular formula is C14H26N2O4. The van der Waals surface area contributed by atoms with Gasteiger partial charge in [0.15, 0.2) is 0 Å². The largest absolute Gasteiger partial charge is 0.481 e. The minimum atomic E-state index is -0.845. The van der Waals surface area contributed by atoms with Crippen LogP contribution in [0.5, 0.6) is 0 Å². The molecule has 0 aromatic carbocycles. The SMILES string of the molecule is CCC(C)C(CNC(=O)N1CCC(C)(C(=O)O)C1)OC. The molecule has 3 unspecified atom stereocenters. The van der Waals surface area contributed by atoms with E-state index in [1.54, 1.807) is 18.9 Å². The molecule has 6 heteroatoms. The lowest BCUT2D eigenvalue weighted by atomic mass is 9.90. The topological polar surface area (TPSA) is 78.9 Å². The maximum absolute atomic E-state index is 12.1. The molecule has 1 rings (SSSR count). The third kappa shape index (κ3) is 3.85. The van der Waals surface area contributed by atoms with E-state index in [1.807, 2.05) is 0 Å². The highest BCUT2D eigenvalue weighted by Gasteiger charge is 2.42. The number of nitrogens with zero attached hydrogens (tertiary/aromatic N) is 1. The zero-order valence-electron chi connectivity index (χ0n) is 12.8.